The van der Waals surface area contributed by atoms with E-state index < -0.39 is 29.6 Å². The molecule has 234 valence electrons. The maximum atomic E-state index is 14.3. The highest BCUT2D eigenvalue weighted by Crippen LogP contribution is 2.55. The number of methoxy groups -OCH3 is 1. The molecule has 9 heteroatoms. The Bertz CT molecular complexity index is 1400. The van der Waals surface area contributed by atoms with E-state index in [0.717, 1.165) is 25.8 Å². The van der Waals surface area contributed by atoms with Gasteiger partial charge in [-0.25, -0.2) is 0 Å². The van der Waals surface area contributed by atoms with E-state index in [4.69, 9.17) is 9.47 Å². The van der Waals surface area contributed by atoms with E-state index in [-0.39, 0.29) is 23.8 Å². The van der Waals surface area contributed by atoms with Crippen molar-refractivity contribution in [3.63, 3.8) is 0 Å². The molecule has 2 N–H and O–H groups in total. The summed E-state index contributed by atoms with van der Waals surface area (Å²) in [5, 5.41) is 6.31. The number of anilines is 1. The summed E-state index contributed by atoms with van der Waals surface area (Å²) in [5.74, 6) is -0.687. The molecule has 4 aliphatic rings. The first-order chi connectivity index (χ1) is 21.2. The number of hydrogen-bond acceptors (Lipinski definition) is 6. The van der Waals surface area contributed by atoms with E-state index in [0.29, 0.717) is 36.4 Å². The Labute approximate surface area is 260 Å². The van der Waals surface area contributed by atoms with Gasteiger partial charge in [0.15, 0.2) is 0 Å². The van der Waals surface area contributed by atoms with Gasteiger partial charge < -0.3 is 29.9 Å². The van der Waals surface area contributed by atoms with Gasteiger partial charge in [0.05, 0.1) is 25.0 Å². The smallest absolute Gasteiger partial charge is 0.246 e. The molecule has 3 aliphatic heterocycles. The monoisotopic (exact) mass is 600 g/mol. The van der Waals surface area contributed by atoms with E-state index in [1.165, 1.54) is 5.56 Å². The Kier molecular flexibility index (Phi) is 8.53. The summed E-state index contributed by atoms with van der Waals surface area (Å²) in [5.41, 5.74) is 0.596. The first kappa shape index (κ1) is 30.3. The molecular formula is C35H44N4O5. The molecule has 1 saturated carbocycles. The van der Waals surface area contributed by atoms with Crippen LogP contribution in [0.1, 0.15) is 38.7 Å². The number of carbonyl (C=O) groups excluding carboxylic acids is 3. The van der Waals surface area contributed by atoms with Gasteiger partial charge in [0.2, 0.25) is 17.7 Å². The first-order valence-electron chi connectivity index (χ1n) is 15.9. The lowest BCUT2D eigenvalue weighted by Gasteiger charge is -2.38. The molecule has 0 aromatic heterocycles. The molecule has 3 heterocycles. The van der Waals surface area contributed by atoms with Crippen LogP contribution in [0.15, 0.2) is 66.7 Å². The first-order valence-corrected chi connectivity index (χ1v) is 15.9. The standard InChI is InChI=1S/C35H44N4O5/c1-22-9-8-12-27(23(22)2)37-33(41)31-35-18-17-28(44-35)29(32(40)36-25-13-15-26(43-4)16-14-25)30(35)34(42)39(31)20-19-38(3)21-24-10-6-5-7-11-24/h5-7,10-11,13-18,22-23,27-31H,8-9,12,19-21H2,1-4H3,(H,36,40)(H,37,41)/t22-,23-,27+,28-,29+,30-,31-,35-/m0/s1. The molecule has 9 nitrogen and oxygen atoms in total. The van der Waals surface area contributed by atoms with Crippen LogP contribution in [0.2, 0.25) is 0 Å². The van der Waals surface area contributed by atoms with Crippen LogP contribution in [0.25, 0.3) is 0 Å². The molecule has 3 amide bonds. The molecule has 6 rings (SSSR count). The Morgan fingerprint density at radius 1 is 1.07 bits per heavy atom. The van der Waals surface area contributed by atoms with Crippen LogP contribution in [0.3, 0.4) is 0 Å². The van der Waals surface area contributed by atoms with Crippen LogP contribution < -0.4 is 15.4 Å². The molecule has 0 unspecified atom stereocenters. The van der Waals surface area contributed by atoms with Crippen molar-refractivity contribution >= 4 is 23.4 Å². The highest BCUT2D eigenvalue weighted by atomic mass is 16.5. The lowest BCUT2D eigenvalue weighted by molar-refractivity contribution is -0.141. The summed E-state index contributed by atoms with van der Waals surface area (Å²) in [4.78, 5) is 46.2. The van der Waals surface area contributed by atoms with Crippen molar-refractivity contribution in [3.05, 3.63) is 72.3 Å². The topological polar surface area (TPSA) is 100 Å². The molecule has 1 aliphatic carbocycles. The molecular weight excluding hydrogens is 556 g/mol. The molecule has 3 fully saturated rings. The van der Waals surface area contributed by atoms with Gasteiger partial charge in [-0.05, 0) is 55.1 Å². The second-order valence-corrected chi connectivity index (χ2v) is 13.1. The number of likely N-dealkylation sites (N-methyl/N-ethyl adjacent to an activating group) is 1. The molecule has 44 heavy (non-hydrogen) atoms. The number of nitrogens with zero attached hydrogens (tertiary/aromatic N) is 2. The number of ether oxygens (including phenoxy) is 2. The van der Waals surface area contributed by atoms with E-state index in [1.54, 1.807) is 36.3 Å². The zero-order valence-electron chi connectivity index (χ0n) is 26.1. The number of benzene rings is 2. The van der Waals surface area contributed by atoms with Crippen molar-refractivity contribution in [1.29, 1.82) is 0 Å². The lowest BCUT2D eigenvalue weighted by atomic mass is 9.73. The molecule has 2 aromatic carbocycles. The zero-order chi connectivity index (χ0) is 31.0. The van der Waals surface area contributed by atoms with Crippen LogP contribution in [0, 0.1) is 23.7 Å². The fraction of sp³-hybridized carbons (Fsp3) is 0.514. The van der Waals surface area contributed by atoms with Gasteiger partial charge in [0.25, 0.3) is 0 Å². The fourth-order valence-electron chi connectivity index (χ4n) is 7.71. The SMILES string of the molecule is COc1ccc(NC(=O)[C@@H]2[C@@H]3C=C[C@]4(O3)[C@@H]2C(=O)N(CCN(C)Cc2ccccc2)[C@H]4C(=O)N[C@@H]2CCC[C@H](C)[C@@H]2C)cc1. The normalized spacial score (nSPS) is 32.2. The van der Waals surface area contributed by atoms with Crippen LogP contribution in [0.5, 0.6) is 5.75 Å². The Morgan fingerprint density at radius 3 is 2.55 bits per heavy atom. The predicted octanol–water partition coefficient (Wildman–Crippen LogP) is 3.86. The predicted molar refractivity (Wildman–Crippen MR) is 168 cm³/mol. The Balaban J connectivity index is 1.25. The Hall–Kier alpha value is -3.69. The fourth-order valence-corrected chi connectivity index (χ4v) is 7.71. The van der Waals surface area contributed by atoms with Crippen molar-refractivity contribution < 1.29 is 23.9 Å². The van der Waals surface area contributed by atoms with E-state index in [1.807, 2.05) is 37.4 Å². The van der Waals surface area contributed by atoms with Crippen LogP contribution in [-0.2, 0) is 25.7 Å². The third kappa shape index (κ3) is 5.52. The summed E-state index contributed by atoms with van der Waals surface area (Å²) in [7, 11) is 3.60. The number of amides is 3. The van der Waals surface area contributed by atoms with Gasteiger partial charge in [0, 0.05) is 31.4 Å². The second kappa shape index (κ2) is 12.4. The number of likely N-dealkylation sites (tertiary alicyclic amines) is 1. The van der Waals surface area contributed by atoms with Gasteiger partial charge in [-0.2, -0.15) is 0 Å². The average Bonchev–Trinajstić information content (AvgIpc) is 3.66. The van der Waals surface area contributed by atoms with Crippen LogP contribution >= 0.6 is 0 Å². The van der Waals surface area contributed by atoms with E-state index >= 15 is 0 Å². The van der Waals surface area contributed by atoms with Crippen molar-refractivity contribution in [2.75, 3.05) is 32.6 Å². The Morgan fingerprint density at radius 2 is 1.82 bits per heavy atom. The zero-order valence-corrected chi connectivity index (χ0v) is 26.1. The molecule has 2 aromatic rings. The number of fused-ring (bicyclic) bond motifs is 1. The highest BCUT2D eigenvalue weighted by Gasteiger charge is 2.72. The lowest BCUT2D eigenvalue weighted by Crippen LogP contribution is -2.58. The average molecular weight is 601 g/mol. The van der Waals surface area contributed by atoms with Crippen molar-refractivity contribution in [3.8, 4) is 5.75 Å². The van der Waals surface area contributed by atoms with Gasteiger partial charge in [0.1, 0.15) is 17.4 Å². The number of carbonyl (C=O) groups is 3. The van der Waals surface area contributed by atoms with Crippen molar-refractivity contribution in [2.24, 2.45) is 23.7 Å². The maximum absolute atomic E-state index is 14.3. The molecule has 2 saturated heterocycles. The summed E-state index contributed by atoms with van der Waals surface area (Å²) in [6.07, 6.45) is 6.30. The quantitative estimate of drug-likeness (QED) is 0.402. The van der Waals surface area contributed by atoms with Crippen LogP contribution in [0.4, 0.5) is 5.69 Å². The van der Waals surface area contributed by atoms with Gasteiger partial charge in [-0.3, -0.25) is 14.4 Å². The third-order valence-electron chi connectivity index (χ3n) is 10.3. The van der Waals surface area contributed by atoms with Gasteiger partial charge in [-0.1, -0.05) is 69.2 Å². The van der Waals surface area contributed by atoms with E-state index in [9.17, 15) is 14.4 Å². The number of nitrogens with one attached hydrogen (secondary N) is 2. The van der Waals surface area contributed by atoms with Gasteiger partial charge in [-0.15, -0.1) is 0 Å². The summed E-state index contributed by atoms with van der Waals surface area (Å²) in [6.45, 7) is 6.08. The summed E-state index contributed by atoms with van der Waals surface area (Å²) >= 11 is 0. The minimum atomic E-state index is -1.19. The maximum Gasteiger partial charge on any atom is 0.246 e. The van der Waals surface area contributed by atoms with Gasteiger partial charge >= 0.3 is 0 Å². The van der Waals surface area contributed by atoms with E-state index in [2.05, 4.69) is 41.5 Å². The molecule has 1 spiro atoms. The minimum Gasteiger partial charge on any atom is -0.497 e. The molecule has 8 atom stereocenters. The number of hydrogen-bond donors (Lipinski definition) is 2. The third-order valence-corrected chi connectivity index (χ3v) is 10.3. The second-order valence-electron chi connectivity index (χ2n) is 13.1. The number of rotatable bonds is 10. The molecule has 2 bridgehead atoms. The van der Waals surface area contributed by atoms with Crippen LogP contribution in [-0.4, -0.2) is 78.6 Å². The van der Waals surface area contributed by atoms with Crippen molar-refractivity contribution in [2.45, 2.75) is 63.4 Å². The highest BCUT2D eigenvalue weighted by molar-refractivity contribution is 6.02. The minimum absolute atomic E-state index is 0.0381. The van der Waals surface area contributed by atoms with Crippen molar-refractivity contribution in [1.82, 2.24) is 15.1 Å². The molecule has 0 radical (unpaired) electrons. The summed E-state index contributed by atoms with van der Waals surface area (Å²) < 4.78 is 11.8. The summed E-state index contributed by atoms with van der Waals surface area (Å²) in [6, 6.07) is 16.4. The largest absolute Gasteiger partial charge is 0.497 e.